The van der Waals surface area contributed by atoms with Crippen molar-refractivity contribution in [1.29, 1.82) is 0 Å². The predicted octanol–water partition coefficient (Wildman–Crippen LogP) is 2.31. The summed E-state index contributed by atoms with van der Waals surface area (Å²) in [4.78, 5) is 34.6. The Kier molecular flexibility index (Phi) is 7.14. The SMILES string of the molecule is CCNC(=O)NC(=O)C(C)OC(=O)Cc1ccc(Cl)c(Cl)c1. The summed E-state index contributed by atoms with van der Waals surface area (Å²) in [7, 11) is 0. The number of carbonyl (C=O) groups is 3. The van der Waals surface area contributed by atoms with Gasteiger partial charge in [0, 0.05) is 6.54 Å². The van der Waals surface area contributed by atoms with Crippen LogP contribution in [0, 0.1) is 0 Å². The predicted molar refractivity (Wildman–Crippen MR) is 82.9 cm³/mol. The minimum atomic E-state index is -1.09. The lowest BCUT2D eigenvalue weighted by molar-refractivity contribution is -0.153. The molecule has 0 aliphatic carbocycles. The van der Waals surface area contributed by atoms with Crippen molar-refractivity contribution in [1.82, 2.24) is 10.6 Å². The number of hydrogen-bond donors (Lipinski definition) is 2. The van der Waals surface area contributed by atoms with Gasteiger partial charge in [0.05, 0.1) is 16.5 Å². The monoisotopic (exact) mass is 346 g/mol. The van der Waals surface area contributed by atoms with Crippen LogP contribution in [0.25, 0.3) is 0 Å². The Labute approximate surface area is 138 Å². The smallest absolute Gasteiger partial charge is 0.321 e. The lowest BCUT2D eigenvalue weighted by Gasteiger charge is -2.13. The van der Waals surface area contributed by atoms with Gasteiger partial charge in [-0.05, 0) is 31.5 Å². The average Bonchev–Trinajstić information content (AvgIpc) is 2.42. The van der Waals surface area contributed by atoms with Crippen LogP contribution in [0.1, 0.15) is 19.4 Å². The van der Waals surface area contributed by atoms with Crippen molar-refractivity contribution in [2.24, 2.45) is 0 Å². The molecule has 120 valence electrons. The molecule has 0 heterocycles. The van der Waals surface area contributed by atoms with Crippen molar-refractivity contribution in [2.75, 3.05) is 6.54 Å². The standard InChI is InChI=1S/C14H16Cl2N2O4/c1-3-17-14(21)18-13(20)8(2)22-12(19)7-9-4-5-10(15)11(16)6-9/h4-6,8H,3,7H2,1-2H3,(H2,17,18,20,21). The zero-order valence-electron chi connectivity index (χ0n) is 12.1. The molecule has 0 saturated heterocycles. The van der Waals surface area contributed by atoms with Crippen molar-refractivity contribution in [2.45, 2.75) is 26.4 Å². The number of benzene rings is 1. The van der Waals surface area contributed by atoms with Gasteiger partial charge in [-0.1, -0.05) is 29.3 Å². The van der Waals surface area contributed by atoms with E-state index in [-0.39, 0.29) is 6.42 Å². The average molecular weight is 347 g/mol. The highest BCUT2D eigenvalue weighted by molar-refractivity contribution is 6.42. The maximum absolute atomic E-state index is 11.8. The summed E-state index contributed by atoms with van der Waals surface area (Å²) in [5.74, 6) is -1.31. The molecular weight excluding hydrogens is 331 g/mol. The van der Waals surface area contributed by atoms with Gasteiger partial charge in [0.15, 0.2) is 6.10 Å². The van der Waals surface area contributed by atoms with E-state index in [2.05, 4.69) is 10.6 Å². The van der Waals surface area contributed by atoms with Gasteiger partial charge in [-0.25, -0.2) is 4.79 Å². The summed E-state index contributed by atoms with van der Waals surface area (Å²) >= 11 is 11.6. The molecule has 0 bridgehead atoms. The second-order valence-electron chi connectivity index (χ2n) is 4.41. The minimum absolute atomic E-state index is 0.0599. The molecule has 1 atom stereocenters. The Hall–Kier alpha value is -1.79. The highest BCUT2D eigenvalue weighted by Gasteiger charge is 2.20. The minimum Gasteiger partial charge on any atom is -0.452 e. The lowest BCUT2D eigenvalue weighted by atomic mass is 10.1. The number of halogens is 2. The summed E-state index contributed by atoms with van der Waals surface area (Å²) < 4.78 is 4.96. The molecule has 0 radical (unpaired) electrons. The number of nitrogens with one attached hydrogen (secondary N) is 2. The molecule has 2 N–H and O–H groups in total. The van der Waals surface area contributed by atoms with E-state index < -0.39 is 24.0 Å². The van der Waals surface area contributed by atoms with Gasteiger partial charge in [-0.2, -0.15) is 0 Å². The first kappa shape index (κ1) is 18.3. The zero-order valence-corrected chi connectivity index (χ0v) is 13.6. The van der Waals surface area contributed by atoms with Crippen LogP contribution in [0.5, 0.6) is 0 Å². The number of imide groups is 1. The van der Waals surface area contributed by atoms with E-state index in [1.54, 1.807) is 25.1 Å². The molecule has 0 aliphatic rings. The Morgan fingerprint density at radius 1 is 1.23 bits per heavy atom. The number of esters is 1. The lowest BCUT2D eigenvalue weighted by Crippen LogP contribution is -2.44. The molecule has 0 fully saturated rings. The Bertz CT molecular complexity index is 578. The first-order chi connectivity index (χ1) is 10.3. The maximum Gasteiger partial charge on any atom is 0.321 e. The largest absolute Gasteiger partial charge is 0.452 e. The van der Waals surface area contributed by atoms with E-state index >= 15 is 0 Å². The Balaban J connectivity index is 2.51. The van der Waals surface area contributed by atoms with Crippen molar-refractivity contribution in [3.8, 4) is 0 Å². The molecule has 22 heavy (non-hydrogen) atoms. The van der Waals surface area contributed by atoms with E-state index in [1.807, 2.05) is 0 Å². The van der Waals surface area contributed by atoms with Crippen LogP contribution in [0.15, 0.2) is 18.2 Å². The second kappa shape index (κ2) is 8.60. The topological polar surface area (TPSA) is 84.5 Å². The van der Waals surface area contributed by atoms with E-state index in [0.29, 0.717) is 22.2 Å². The molecule has 0 aromatic heterocycles. The van der Waals surface area contributed by atoms with Crippen molar-refractivity contribution in [3.05, 3.63) is 33.8 Å². The normalized spacial score (nSPS) is 11.5. The highest BCUT2D eigenvalue weighted by atomic mass is 35.5. The molecular formula is C14H16Cl2N2O4. The van der Waals surface area contributed by atoms with E-state index in [9.17, 15) is 14.4 Å². The fourth-order valence-corrected chi connectivity index (χ4v) is 1.85. The quantitative estimate of drug-likeness (QED) is 0.801. The number of ether oxygens (including phenoxy) is 1. The first-order valence-corrected chi connectivity index (χ1v) is 7.31. The summed E-state index contributed by atoms with van der Waals surface area (Å²) in [6, 6.07) is 4.11. The molecule has 3 amide bonds. The maximum atomic E-state index is 11.8. The second-order valence-corrected chi connectivity index (χ2v) is 5.22. The zero-order chi connectivity index (χ0) is 16.7. The summed E-state index contributed by atoms with van der Waals surface area (Å²) in [6.45, 7) is 3.47. The van der Waals surface area contributed by atoms with Gasteiger partial charge in [0.2, 0.25) is 0 Å². The van der Waals surface area contributed by atoms with Crippen LogP contribution in [-0.2, 0) is 20.7 Å². The van der Waals surface area contributed by atoms with Crippen LogP contribution in [-0.4, -0.2) is 30.6 Å². The third kappa shape index (κ3) is 5.91. The molecule has 0 aliphatic heterocycles. The van der Waals surface area contributed by atoms with E-state index in [1.165, 1.54) is 6.92 Å². The number of hydrogen-bond acceptors (Lipinski definition) is 4. The highest BCUT2D eigenvalue weighted by Crippen LogP contribution is 2.22. The van der Waals surface area contributed by atoms with Crippen LogP contribution in [0.2, 0.25) is 10.0 Å². The molecule has 8 heteroatoms. The molecule has 1 unspecified atom stereocenters. The van der Waals surface area contributed by atoms with Crippen molar-refractivity contribution < 1.29 is 19.1 Å². The van der Waals surface area contributed by atoms with Gasteiger partial charge < -0.3 is 10.1 Å². The molecule has 6 nitrogen and oxygen atoms in total. The van der Waals surface area contributed by atoms with Gasteiger partial charge in [0.1, 0.15) is 0 Å². The molecule has 0 saturated carbocycles. The first-order valence-electron chi connectivity index (χ1n) is 6.55. The van der Waals surface area contributed by atoms with Crippen LogP contribution >= 0.6 is 23.2 Å². The number of urea groups is 1. The summed E-state index contributed by atoms with van der Waals surface area (Å²) in [5, 5.41) is 5.17. The molecule has 1 rings (SSSR count). The summed E-state index contributed by atoms with van der Waals surface area (Å²) in [6.07, 6.45) is -1.15. The molecule has 0 spiro atoms. The van der Waals surface area contributed by atoms with Gasteiger partial charge in [-0.3, -0.25) is 14.9 Å². The fourth-order valence-electron chi connectivity index (χ4n) is 1.53. The fraction of sp³-hybridized carbons (Fsp3) is 0.357. The third-order valence-electron chi connectivity index (χ3n) is 2.58. The Morgan fingerprint density at radius 2 is 1.91 bits per heavy atom. The van der Waals surface area contributed by atoms with Gasteiger partial charge >= 0.3 is 12.0 Å². The summed E-state index contributed by atoms with van der Waals surface area (Å²) in [5.41, 5.74) is 0.607. The van der Waals surface area contributed by atoms with Crippen LogP contribution in [0.3, 0.4) is 0 Å². The molecule has 1 aromatic carbocycles. The van der Waals surface area contributed by atoms with Gasteiger partial charge in [0.25, 0.3) is 5.91 Å². The van der Waals surface area contributed by atoms with Crippen molar-refractivity contribution in [3.63, 3.8) is 0 Å². The van der Waals surface area contributed by atoms with Crippen LogP contribution < -0.4 is 10.6 Å². The third-order valence-corrected chi connectivity index (χ3v) is 3.32. The number of amides is 3. The number of carbonyl (C=O) groups excluding carboxylic acids is 3. The van der Waals surface area contributed by atoms with Crippen molar-refractivity contribution >= 4 is 41.1 Å². The van der Waals surface area contributed by atoms with E-state index in [0.717, 1.165) is 0 Å². The van der Waals surface area contributed by atoms with Crippen LogP contribution in [0.4, 0.5) is 4.79 Å². The Morgan fingerprint density at radius 3 is 2.50 bits per heavy atom. The molecule has 1 aromatic rings. The van der Waals surface area contributed by atoms with E-state index in [4.69, 9.17) is 27.9 Å². The van der Waals surface area contributed by atoms with Gasteiger partial charge in [-0.15, -0.1) is 0 Å². The number of rotatable bonds is 5.